The normalized spacial score (nSPS) is 14.5. The highest BCUT2D eigenvalue weighted by Crippen LogP contribution is 2.43. The monoisotopic (exact) mass is 729 g/mol. The number of rotatable bonds is 37. The number of carbonyl (C=O) groups excluding carboxylic acids is 1. The van der Waals surface area contributed by atoms with Crippen molar-refractivity contribution >= 4 is 19.8 Å². The van der Waals surface area contributed by atoms with Crippen LogP contribution in [0.4, 0.5) is 0 Å². The molecule has 0 radical (unpaired) electrons. The molecular formula is C39H72NO9P. The van der Waals surface area contributed by atoms with Crippen molar-refractivity contribution < 1.29 is 42.7 Å². The molecule has 0 aromatic carbocycles. The van der Waals surface area contributed by atoms with Gasteiger partial charge in [-0.05, 0) is 44.9 Å². The van der Waals surface area contributed by atoms with Crippen LogP contribution >= 0.6 is 7.82 Å². The predicted octanol–water partition coefficient (Wildman–Crippen LogP) is 10.1. The molecule has 10 nitrogen and oxygen atoms in total. The predicted molar refractivity (Wildman–Crippen MR) is 203 cm³/mol. The van der Waals surface area contributed by atoms with Crippen LogP contribution in [0, 0.1) is 0 Å². The average Bonchev–Trinajstić information content (AvgIpc) is 3.09. The number of carboxylic acid groups (broad SMARTS) is 1. The van der Waals surface area contributed by atoms with Crippen LogP contribution in [-0.2, 0) is 32.7 Å². The second-order valence-electron chi connectivity index (χ2n) is 13.0. The molecule has 0 spiro atoms. The molecule has 0 bridgehead atoms. The van der Waals surface area contributed by atoms with Gasteiger partial charge in [-0.3, -0.25) is 18.6 Å². The van der Waals surface area contributed by atoms with Crippen LogP contribution in [-0.4, -0.2) is 60.5 Å². The molecule has 0 fully saturated rings. The van der Waals surface area contributed by atoms with Gasteiger partial charge in [-0.1, -0.05) is 147 Å². The Hall–Kier alpha value is -1.81. The van der Waals surface area contributed by atoms with Gasteiger partial charge in [0.25, 0.3) is 0 Å². The molecule has 0 saturated heterocycles. The number of carboxylic acids is 1. The Morgan fingerprint density at radius 2 is 1.16 bits per heavy atom. The third-order valence-corrected chi connectivity index (χ3v) is 9.13. The van der Waals surface area contributed by atoms with Gasteiger partial charge in [-0.15, -0.1) is 0 Å². The Morgan fingerprint density at radius 3 is 1.74 bits per heavy atom. The molecule has 50 heavy (non-hydrogen) atoms. The standard InChI is InChI=1S/C39H72NO9P/c1-3-5-7-9-11-13-15-17-19-21-23-25-27-29-31-38(41)49-36(34-47-50(44,45)48-35-37(40)39(42)43)33-46-32-30-28-26-24-22-20-18-16-14-12-10-8-6-4-2/h6,8,12,14,18,20,36-37H,3-5,7,9-11,13,15-17,19,21-35,40H2,1-2H3,(H,42,43)(H,44,45)/b8-6-,14-12-,20-18-. The molecule has 0 aliphatic heterocycles. The molecule has 11 heteroatoms. The van der Waals surface area contributed by atoms with E-state index in [9.17, 15) is 19.0 Å². The molecule has 292 valence electrons. The molecule has 0 aliphatic rings. The molecular weight excluding hydrogens is 657 g/mol. The Labute approximate surface area is 304 Å². The third kappa shape index (κ3) is 34.6. The van der Waals surface area contributed by atoms with Crippen molar-refractivity contribution in [3.05, 3.63) is 36.5 Å². The van der Waals surface area contributed by atoms with Crippen LogP contribution in [0.15, 0.2) is 36.5 Å². The Kier molecular flexibility index (Phi) is 34.3. The van der Waals surface area contributed by atoms with Gasteiger partial charge in [0.15, 0.2) is 0 Å². The van der Waals surface area contributed by atoms with Crippen molar-refractivity contribution in [2.24, 2.45) is 5.73 Å². The average molecular weight is 730 g/mol. The number of esters is 1. The van der Waals surface area contributed by atoms with Gasteiger partial charge < -0.3 is 25.2 Å². The number of hydrogen-bond donors (Lipinski definition) is 3. The summed E-state index contributed by atoms with van der Waals surface area (Å²) in [6, 6.07) is -1.47. The lowest BCUT2D eigenvalue weighted by Gasteiger charge is -2.20. The lowest BCUT2D eigenvalue weighted by atomic mass is 10.0. The summed E-state index contributed by atoms with van der Waals surface area (Å²) in [7, 11) is -4.61. The van der Waals surface area contributed by atoms with Gasteiger partial charge in [-0.25, -0.2) is 4.57 Å². The van der Waals surface area contributed by atoms with E-state index in [1.165, 1.54) is 70.6 Å². The van der Waals surface area contributed by atoms with Crippen LogP contribution in [0.25, 0.3) is 0 Å². The molecule has 3 atom stereocenters. The van der Waals surface area contributed by atoms with E-state index in [0.717, 1.165) is 64.2 Å². The van der Waals surface area contributed by atoms with E-state index in [2.05, 4.69) is 50.3 Å². The van der Waals surface area contributed by atoms with Gasteiger partial charge in [-0.2, -0.15) is 0 Å². The zero-order valence-electron chi connectivity index (χ0n) is 31.5. The maximum Gasteiger partial charge on any atom is 0.472 e. The smallest absolute Gasteiger partial charge is 0.472 e. The van der Waals surface area contributed by atoms with Crippen LogP contribution < -0.4 is 5.73 Å². The molecule has 0 aromatic heterocycles. The van der Waals surface area contributed by atoms with Crippen molar-refractivity contribution in [1.29, 1.82) is 0 Å². The van der Waals surface area contributed by atoms with Gasteiger partial charge in [0, 0.05) is 13.0 Å². The van der Waals surface area contributed by atoms with Gasteiger partial charge in [0.05, 0.1) is 19.8 Å². The number of ether oxygens (including phenoxy) is 2. The molecule has 0 heterocycles. The van der Waals surface area contributed by atoms with E-state index >= 15 is 0 Å². The lowest BCUT2D eigenvalue weighted by molar-refractivity contribution is -0.154. The summed E-state index contributed by atoms with van der Waals surface area (Å²) in [6.45, 7) is 3.71. The minimum atomic E-state index is -4.61. The summed E-state index contributed by atoms with van der Waals surface area (Å²) in [6.07, 6.45) is 37.7. The van der Waals surface area contributed by atoms with Crippen molar-refractivity contribution in [1.82, 2.24) is 0 Å². The number of phosphoric ester groups is 1. The maximum atomic E-state index is 12.6. The minimum Gasteiger partial charge on any atom is -0.480 e. The van der Waals surface area contributed by atoms with E-state index < -0.39 is 45.1 Å². The van der Waals surface area contributed by atoms with Crippen molar-refractivity contribution in [3.8, 4) is 0 Å². The Bertz CT molecular complexity index is 941. The van der Waals surface area contributed by atoms with Crippen LogP contribution in [0.2, 0.25) is 0 Å². The summed E-state index contributed by atoms with van der Waals surface area (Å²) < 4.78 is 33.2. The number of hydrogen-bond acceptors (Lipinski definition) is 8. The first-order valence-electron chi connectivity index (χ1n) is 19.5. The number of allylic oxidation sites excluding steroid dienone is 6. The van der Waals surface area contributed by atoms with Crippen molar-refractivity contribution in [3.63, 3.8) is 0 Å². The first-order chi connectivity index (χ1) is 24.2. The first-order valence-corrected chi connectivity index (χ1v) is 21.0. The first kappa shape index (κ1) is 48.2. The quantitative estimate of drug-likeness (QED) is 0.0243. The summed E-state index contributed by atoms with van der Waals surface area (Å²) in [5.41, 5.74) is 5.34. The topological polar surface area (TPSA) is 155 Å². The van der Waals surface area contributed by atoms with E-state index in [4.69, 9.17) is 29.4 Å². The number of aliphatic carboxylic acids is 1. The van der Waals surface area contributed by atoms with Crippen LogP contribution in [0.1, 0.15) is 162 Å². The lowest BCUT2D eigenvalue weighted by Crippen LogP contribution is -2.34. The number of unbranched alkanes of at least 4 members (excludes halogenated alkanes) is 17. The summed E-state index contributed by atoms with van der Waals surface area (Å²) in [5.74, 6) is -1.79. The highest BCUT2D eigenvalue weighted by atomic mass is 31.2. The fourth-order valence-electron chi connectivity index (χ4n) is 5.15. The second-order valence-corrected chi connectivity index (χ2v) is 14.5. The van der Waals surface area contributed by atoms with Gasteiger partial charge in [0.2, 0.25) is 0 Å². The minimum absolute atomic E-state index is 0.00358. The summed E-state index contributed by atoms with van der Waals surface area (Å²) in [5, 5.41) is 8.87. The molecule has 0 saturated carbocycles. The number of carbonyl (C=O) groups is 2. The zero-order chi connectivity index (χ0) is 37.0. The van der Waals surface area contributed by atoms with Gasteiger partial charge in [0.1, 0.15) is 12.1 Å². The van der Waals surface area contributed by atoms with Crippen molar-refractivity contribution in [2.75, 3.05) is 26.4 Å². The second kappa shape index (κ2) is 35.6. The molecule has 4 N–H and O–H groups in total. The Balaban J connectivity index is 4.32. The molecule has 0 amide bonds. The fourth-order valence-corrected chi connectivity index (χ4v) is 5.92. The van der Waals surface area contributed by atoms with E-state index in [1.54, 1.807) is 0 Å². The van der Waals surface area contributed by atoms with E-state index in [-0.39, 0.29) is 13.0 Å². The number of nitrogens with two attached hydrogens (primary N) is 1. The summed E-state index contributed by atoms with van der Waals surface area (Å²) >= 11 is 0. The number of phosphoric acid groups is 1. The van der Waals surface area contributed by atoms with Crippen LogP contribution in [0.5, 0.6) is 0 Å². The highest BCUT2D eigenvalue weighted by molar-refractivity contribution is 7.47. The maximum absolute atomic E-state index is 12.6. The molecule has 3 unspecified atom stereocenters. The van der Waals surface area contributed by atoms with E-state index in [1.807, 2.05) is 0 Å². The Morgan fingerprint density at radius 1 is 0.660 bits per heavy atom. The SMILES string of the molecule is CC/C=C\C/C=C\C/C=C\CCCCCCOCC(COP(=O)(O)OCC(N)C(=O)O)OC(=O)CCCCCCCCCCCCCCCC. The van der Waals surface area contributed by atoms with Gasteiger partial charge >= 0.3 is 19.8 Å². The fraction of sp³-hybridized carbons (Fsp3) is 0.795. The molecule has 0 rings (SSSR count). The largest absolute Gasteiger partial charge is 0.480 e. The molecule has 0 aliphatic carbocycles. The zero-order valence-corrected chi connectivity index (χ0v) is 32.4. The van der Waals surface area contributed by atoms with Crippen molar-refractivity contribution in [2.45, 2.75) is 174 Å². The highest BCUT2D eigenvalue weighted by Gasteiger charge is 2.27. The van der Waals surface area contributed by atoms with E-state index in [0.29, 0.717) is 13.0 Å². The third-order valence-electron chi connectivity index (χ3n) is 8.18. The summed E-state index contributed by atoms with van der Waals surface area (Å²) in [4.78, 5) is 33.4. The van der Waals surface area contributed by atoms with Crippen LogP contribution in [0.3, 0.4) is 0 Å². The molecule has 0 aromatic rings.